The molecule has 0 radical (unpaired) electrons. The van der Waals surface area contributed by atoms with Gasteiger partial charge in [0.2, 0.25) is 0 Å². The first-order chi connectivity index (χ1) is 11.6. The van der Waals surface area contributed by atoms with Crippen LogP contribution in [0.15, 0.2) is 41.8 Å². The van der Waals surface area contributed by atoms with E-state index in [0.717, 1.165) is 18.7 Å². The molecule has 3 rings (SSSR count). The SMILES string of the molecule is CNC(=O)c1cc([N+](=O)[O-])ccc1N1CC=C(c2cccs2)CC1. The highest BCUT2D eigenvalue weighted by molar-refractivity contribution is 7.11. The molecule has 24 heavy (non-hydrogen) atoms. The van der Waals surface area contributed by atoms with Crippen molar-refractivity contribution >= 4 is 34.2 Å². The van der Waals surface area contributed by atoms with Crippen LogP contribution in [0.5, 0.6) is 0 Å². The second kappa shape index (κ2) is 6.84. The van der Waals surface area contributed by atoms with Gasteiger partial charge in [-0.3, -0.25) is 14.9 Å². The van der Waals surface area contributed by atoms with Crippen LogP contribution < -0.4 is 10.2 Å². The van der Waals surface area contributed by atoms with Gasteiger partial charge in [0, 0.05) is 37.1 Å². The van der Waals surface area contributed by atoms with Crippen LogP contribution in [-0.4, -0.2) is 31.0 Å². The molecule has 1 aromatic carbocycles. The Hall–Kier alpha value is -2.67. The first-order valence-corrected chi connectivity index (χ1v) is 8.46. The van der Waals surface area contributed by atoms with Gasteiger partial charge in [-0.15, -0.1) is 11.3 Å². The minimum atomic E-state index is -0.485. The number of hydrogen-bond acceptors (Lipinski definition) is 5. The topological polar surface area (TPSA) is 75.5 Å². The van der Waals surface area contributed by atoms with E-state index in [1.165, 1.54) is 29.6 Å². The standard InChI is InChI=1S/C17H17N3O3S/c1-18-17(21)14-11-13(20(22)23)4-5-15(14)19-8-6-12(7-9-19)16-3-2-10-24-16/h2-6,10-11H,7-9H2,1H3,(H,18,21). The van der Waals surface area contributed by atoms with Crippen LogP contribution >= 0.6 is 11.3 Å². The number of nitrogens with zero attached hydrogens (tertiary/aromatic N) is 2. The zero-order chi connectivity index (χ0) is 17.1. The zero-order valence-corrected chi connectivity index (χ0v) is 14.0. The van der Waals surface area contributed by atoms with Gasteiger partial charge in [0.05, 0.1) is 16.2 Å². The third kappa shape index (κ3) is 3.16. The average Bonchev–Trinajstić information content (AvgIpc) is 3.15. The normalized spacial score (nSPS) is 14.2. The van der Waals surface area contributed by atoms with Crippen LogP contribution in [0.1, 0.15) is 21.7 Å². The fraction of sp³-hybridized carbons (Fsp3) is 0.235. The van der Waals surface area contributed by atoms with Crippen molar-refractivity contribution in [3.05, 3.63) is 62.3 Å². The van der Waals surface area contributed by atoms with Crippen LogP contribution in [0.2, 0.25) is 0 Å². The zero-order valence-electron chi connectivity index (χ0n) is 13.2. The predicted octanol–water partition coefficient (Wildman–Crippen LogP) is 3.31. The van der Waals surface area contributed by atoms with E-state index >= 15 is 0 Å². The van der Waals surface area contributed by atoms with Crippen molar-refractivity contribution in [2.24, 2.45) is 0 Å². The van der Waals surface area contributed by atoms with Gasteiger partial charge in [-0.05, 0) is 29.5 Å². The molecule has 0 unspecified atom stereocenters. The average molecular weight is 343 g/mol. The fourth-order valence-corrected chi connectivity index (χ4v) is 3.60. The lowest BCUT2D eigenvalue weighted by Gasteiger charge is -2.29. The van der Waals surface area contributed by atoms with Gasteiger partial charge in [0.15, 0.2) is 0 Å². The van der Waals surface area contributed by atoms with E-state index in [2.05, 4.69) is 27.7 Å². The molecule has 2 aromatic rings. The summed E-state index contributed by atoms with van der Waals surface area (Å²) in [5.41, 5.74) is 2.29. The molecule has 124 valence electrons. The van der Waals surface area contributed by atoms with Crippen molar-refractivity contribution in [1.29, 1.82) is 0 Å². The number of nitro benzene ring substituents is 1. The van der Waals surface area contributed by atoms with Crippen molar-refractivity contribution in [3.63, 3.8) is 0 Å². The maximum Gasteiger partial charge on any atom is 0.270 e. The molecule has 7 heteroatoms. The number of non-ortho nitro benzene ring substituents is 1. The Morgan fingerprint density at radius 2 is 2.21 bits per heavy atom. The number of carbonyl (C=O) groups excluding carboxylic acids is 1. The van der Waals surface area contributed by atoms with Gasteiger partial charge in [0.1, 0.15) is 0 Å². The van der Waals surface area contributed by atoms with E-state index < -0.39 is 4.92 Å². The lowest BCUT2D eigenvalue weighted by atomic mass is 10.0. The van der Waals surface area contributed by atoms with Gasteiger partial charge >= 0.3 is 0 Å². The van der Waals surface area contributed by atoms with E-state index in [9.17, 15) is 14.9 Å². The molecule has 1 N–H and O–H groups in total. The number of rotatable bonds is 4. The number of nitrogens with one attached hydrogen (secondary N) is 1. The molecule has 0 bridgehead atoms. The molecule has 1 amide bonds. The molecule has 1 aliphatic heterocycles. The summed E-state index contributed by atoms with van der Waals surface area (Å²) in [6.07, 6.45) is 3.04. The van der Waals surface area contributed by atoms with Crippen LogP contribution in [0.3, 0.4) is 0 Å². The van der Waals surface area contributed by atoms with E-state index in [4.69, 9.17) is 0 Å². The number of hydrogen-bond donors (Lipinski definition) is 1. The molecule has 0 aliphatic carbocycles. The summed E-state index contributed by atoms with van der Waals surface area (Å²) < 4.78 is 0. The Morgan fingerprint density at radius 1 is 1.38 bits per heavy atom. The third-order valence-corrected chi connectivity index (χ3v) is 5.00. The minimum Gasteiger partial charge on any atom is -0.367 e. The van der Waals surface area contributed by atoms with Crippen molar-refractivity contribution in [3.8, 4) is 0 Å². The summed E-state index contributed by atoms with van der Waals surface area (Å²) in [6, 6.07) is 8.58. The maximum atomic E-state index is 12.1. The Balaban J connectivity index is 1.89. The number of nitro groups is 1. The number of thiophene rings is 1. The highest BCUT2D eigenvalue weighted by Gasteiger charge is 2.21. The van der Waals surface area contributed by atoms with Gasteiger partial charge in [-0.25, -0.2) is 0 Å². The van der Waals surface area contributed by atoms with E-state index in [1.54, 1.807) is 17.4 Å². The van der Waals surface area contributed by atoms with Gasteiger partial charge in [0.25, 0.3) is 11.6 Å². The highest BCUT2D eigenvalue weighted by Crippen LogP contribution is 2.31. The predicted molar refractivity (Wildman–Crippen MR) is 95.6 cm³/mol. The third-order valence-electron chi connectivity index (χ3n) is 4.05. The van der Waals surface area contributed by atoms with Crippen LogP contribution in [-0.2, 0) is 0 Å². The van der Waals surface area contributed by atoms with Crippen molar-refractivity contribution in [2.75, 3.05) is 25.0 Å². The largest absolute Gasteiger partial charge is 0.367 e. The summed E-state index contributed by atoms with van der Waals surface area (Å²) in [5.74, 6) is -0.318. The van der Waals surface area contributed by atoms with Gasteiger partial charge in [-0.2, -0.15) is 0 Å². The van der Waals surface area contributed by atoms with Crippen LogP contribution in [0.25, 0.3) is 5.57 Å². The molecular weight excluding hydrogens is 326 g/mol. The van der Waals surface area contributed by atoms with Gasteiger partial charge < -0.3 is 10.2 Å². The lowest BCUT2D eigenvalue weighted by Crippen LogP contribution is -2.31. The minimum absolute atomic E-state index is 0.0795. The van der Waals surface area contributed by atoms with E-state index in [1.807, 2.05) is 6.07 Å². The molecule has 0 saturated carbocycles. The van der Waals surface area contributed by atoms with Crippen molar-refractivity contribution in [1.82, 2.24) is 5.32 Å². The fourth-order valence-electron chi connectivity index (χ4n) is 2.80. The second-order valence-electron chi connectivity index (χ2n) is 5.44. The Kier molecular flexibility index (Phi) is 4.61. The molecule has 6 nitrogen and oxygen atoms in total. The molecule has 0 fully saturated rings. The second-order valence-corrected chi connectivity index (χ2v) is 6.39. The Bertz CT molecular complexity index is 799. The number of anilines is 1. The number of amides is 1. The molecule has 1 aromatic heterocycles. The molecule has 0 saturated heterocycles. The Morgan fingerprint density at radius 3 is 2.79 bits per heavy atom. The molecule has 0 atom stereocenters. The molecule has 2 heterocycles. The first kappa shape index (κ1) is 16.2. The van der Waals surface area contributed by atoms with Crippen LogP contribution in [0.4, 0.5) is 11.4 Å². The van der Waals surface area contributed by atoms with E-state index in [0.29, 0.717) is 12.1 Å². The highest BCUT2D eigenvalue weighted by atomic mass is 32.1. The van der Waals surface area contributed by atoms with Crippen molar-refractivity contribution < 1.29 is 9.72 Å². The summed E-state index contributed by atoms with van der Waals surface area (Å²) in [5, 5.41) is 15.6. The van der Waals surface area contributed by atoms with Crippen LogP contribution in [0, 0.1) is 10.1 Å². The smallest absolute Gasteiger partial charge is 0.270 e. The molecule has 0 spiro atoms. The number of benzene rings is 1. The number of carbonyl (C=O) groups is 1. The summed E-state index contributed by atoms with van der Waals surface area (Å²) >= 11 is 1.72. The van der Waals surface area contributed by atoms with E-state index in [-0.39, 0.29) is 11.6 Å². The molecular formula is C17H17N3O3S. The quantitative estimate of drug-likeness (QED) is 0.682. The first-order valence-electron chi connectivity index (χ1n) is 7.58. The lowest BCUT2D eigenvalue weighted by molar-refractivity contribution is -0.384. The van der Waals surface area contributed by atoms with Crippen molar-refractivity contribution in [2.45, 2.75) is 6.42 Å². The summed E-state index contributed by atoms with van der Waals surface area (Å²) in [7, 11) is 1.52. The molecule has 1 aliphatic rings. The maximum absolute atomic E-state index is 12.1. The Labute approximate surface area is 143 Å². The monoisotopic (exact) mass is 343 g/mol. The summed E-state index contributed by atoms with van der Waals surface area (Å²) in [6.45, 7) is 1.45. The summed E-state index contributed by atoms with van der Waals surface area (Å²) in [4.78, 5) is 26.0. The van der Waals surface area contributed by atoms with Gasteiger partial charge in [-0.1, -0.05) is 12.1 Å².